The molecule has 0 atom stereocenters. The van der Waals surface area contributed by atoms with Gasteiger partial charge in [-0.15, -0.1) is 0 Å². The number of hydrogen-bond donors (Lipinski definition) is 4. The van der Waals surface area contributed by atoms with Crippen molar-refractivity contribution in [2.45, 2.75) is 54.1 Å². The largest absolute Gasteiger partial charge is 0.397 e. The molecule has 0 aliphatic rings. The molecule has 0 fully saturated rings. The van der Waals surface area contributed by atoms with Gasteiger partial charge in [-0.3, -0.25) is 0 Å². The van der Waals surface area contributed by atoms with E-state index in [0.29, 0.717) is 19.1 Å². The summed E-state index contributed by atoms with van der Waals surface area (Å²) in [6.45, 7) is 11.9. The Bertz CT molecular complexity index is 70.7. The normalized spacial score (nSPS) is 8.25. The highest BCUT2D eigenvalue weighted by molar-refractivity contribution is 4.32. The zero-order chi connectivity index (χ0) is 14.0. The standard InChI is InChI=1S/C4H10O.2C3H8O.C2H6O/c1-4(2)3-5;1-3(2)4;1-2-3-4;1-2-3/h4-5H,3H2,1-2H3;3-4H,1-2H3;4H,2-3H2,1H3;3H,2H2,1H3. The van der Waals surface area contributed by atoms with Crippen LogP contribution in [0.3, 0.4) is 0 Å². The Kier molecular flexibility index (Phi) is 45.7. The Morgan fingerprint density at radius 1 is 0.875 bits per heavy atom. The monoisotopic (exact) mass is 240 g/mol. The molecular weight excluding hydrogens is 208 g/mol. The Morgan fingerprint density at radius 2 is 1.00 bits per heavy atom. The molecule has 4 nitrogen and oxygen atoms in total. The Labute approximate surface area is 101 Å². The van der Waals surface area contributed by atoms with E-state index in [1.807, 2.05) is 20.8 Å². The van der Waals surface area contributed by atoms with Gasteiger partial charge in [-0.05, 0) is 33.1 Å². The molecule has 4 heteroatoms. The summed E-state index contributed by atoms with van der Waals surface area (Å²) in [4.78, 5) is 0. The van der Waals surface area contributed by atoms with E-state index in [1.165, 1.54) is 0 Å². The van der Waals surface area contributed by atoms with Gasteiger partial charge in [0.15, 0.2) is 0 Å². The van der Waals surface area contributed by atoms with Crippen LogP contribution < -0.4 is 0 Å². The zero-order valence-corrected chi connectivity index (χ0v) is 11.8. The van der Waals surface area contributed by atoms with Crippen LogP contribution in [0.15, 0.2) is 0 Å². The van der Waals surface area contributed by atoms with Crippen LogP contribution in [0.5, 0.6) is 0 Å². The first-order valence-corrected chi connectivity index (χ1v) is 5.84. The highest BCUT2D eigenvalue weighted by atomic mass is 16.3. The molecule has 0 spiro atoms. The Balaban J connectivity index is -0.0000000610. The molecule has 0 aromatic carbocycles. The lowest BCUT2D eigenvalue weighted by atomic mass is 10.2. The minimum atomic E-state index is -0.167. The van der Waals surface area contributed by atoms with Crippen LogP contribution in [0.1, 0.15) is 48.0 Å². The van der Waals surface area contributed by atoms with Gasteiger partial charge in [0.2, 0.25) is 0 Å². The second-order valence-electron chi connectivity index (χ2n) is 3.71. The van der Waals surface area contributed by atoms with Crippen molar-refractivity contribution in [2.24, 2.45) is 5.92 Å². The van der Waals surface area contributed by atoms with Crippen molar-refractivity contribution in [3.8, 4) is 0 Å². The maximum atomic E-state index is 8.14. The number of aliphatic hydroxyl groups excluding tert-OH is 4. The fourth-order valence-corrected chi connectivity index (χ4v) is 0. The quantitative estimate of drug-likeness (QED) is 0.588. The first-order chi connectivity index (χ1) is 7.33. The van der Waals surface area contributed by atoms with E-state index >= 15 is 0 Å². The van der Waals surface area contributed by atoms with E-state index in [2.05, 4.69) is 0 Å². The molecule has 0 unspecified atom stereocenters. The van der Waals surface area contributed by atoms with Crippen LogP contribution >= 0.6 is 0 Å². The first-order valence-electron chi connectivity index (χ1n) is 5.84. The molecule has 16 heavy (non-hydrogen) atoms. The van der Waals surface area contributed by atoms with E-state index in [1.54, 1.807) is 20.8 Å². The molecule has 4 N–H and O–H groups in total. The van der Waals surface area contributed by atoms with Crippen LogP contribution in [-0.4, -0.2) is 46.4 Å². The van der Waals surface area contributed by atoms with E-state index in [0.717, 1.165) is 6.42 Å². The molecule has 0 aromatic rings. The van der Waals surface area contributed by atoms with Gasteiger partial charge in [-0.1, -0.05) is 20.8 Å². The molecule has 0 bridgehead atoms. The van der Waals surface area contributed by atoms with Crippen LogP contribution in [0.4, 0.5) is 0 Å². The smallest absolute Gasteiger partial charge is 0.0483 e. The van der Waals surface area contributed by atoms with Gasteiger partial charge in [0.1, 0.15) is 0 Å². The highest BCUT2D eigenvalue weighted by Crippen LogP contribution is 1.83. The Hall–Kier alpha value is -0.160. The lowest BCUT2D eigenvalue weighted by molar-refractivity contribution is 0.216. The summed E-state index contributed by atoms with van der Waals surface area (Å²) in [5, 5.41) is 31.6. The fraction of sp³-hybridized carbons (Fsp3) is 1.00. The van der Waals surface area contributed by atoms with Gasteiger partial charge in [0, 0.05) is 25.9 Å². The highest BCUT2D eigenvalue weighted by Gasteiger charge is 1.81. The summed E-state index contributed by atoms with van der Waals surface area (Å²) in [5.74, 6) is 0.440. The molecule has 0 amide bonds. The van der Waals surface area contributed by atoms with Crippen molar-refractivity contribution < 1.29 is 20.4 Å². The number of hydrogen-bond acceptors (Lipinski definition) is 4. The van der Waals surface area contributed by atoms with Gasteiger partial charge in [0.25, 0.3) is 0 Å². The fourth-order valence-electron chi connectivity index (χ4n) is 0. The van der Waals surface area contributed by atoms with Crippen molar-refractivity contribution in [2.75, 3.05) is 19.8 Å². The molecule has 0 aliphatic heterocycles. The van der Waals surface area contributed by atoms with Crippen LogP contribution in [0.2, 0.25) is 0 Å². The maximum Gasteiger partial charge on any atom is 0.0483 e. The summed E-state index contributed by atoms with van der Waals surface area (Å²) in [5.41, 5.74) is 0. The topological polar surface area (TPSA) is 80.9 Å². The summed E-state index contributed by atoms with van der Waals surface area (Å²) < 4.78 is 0. The third-order valence-electron chi connectivity index (χ3n) is 0.589. The third-order valence-corrected chi connectivity index (χ3v) is 0.589. The van der Waals surface area contributed by atoms with Crippen LogP contribution in [0, 0.1) is 5.92 Å². The molecule has 0 aromatic heterocycles. The minimum absolute atomic E-state index is 0.167. The van der Waals surface area contributed by atoms with Gasteiger partial charge in [0.05, 0.1) is 0 Å². The van der Waals surface area contributed by atoms with E-state index in [-0.39, 0.29) is 12.7 Å². The number of aliphatic hydroxyl groups is 4. The lowest BCUT2D eigenvalue weighted by Crippen LogP contribution is -1.90. The van der Waals surface area contributed by atoms with Gasteiger partial charge >= 0.3 is 0 Å². The molecule has 0 saturated carbocycles. The summed E-state index contributed by atoms with van der Waals surface area (Å²) >= 11 is 0. The average molecular weight is 240 g/mol. The van der Waals surface area contributed by atoms with Gasteiger partial charge in [-0.25, -0.2) is 0 Å². The molecule has 0 saturated heterocycles. The molecule has 0 aliphatic carbocycles. The molecule has 0 heterocycles. The average Bonchev–Trinajstić information content (AvgIpc) is 2.18. The van der Waals surface area contributed by atoms with Crippen molar-refractivity contribution in [1.29, 1.82) is 0 Å². The van der Waals surface area contributed by atoms with Gasteiger partial charge in [-0.2, -0.15) is 0 Å². The summed E-state index contributed by atoms with van der Waals surface area (Å²) in [7, 11) is 0. The SMILES string of the molecule is CC(C)CO.CC(C)O.CCCO.CCO. The maximum absolute atomic E-state index is 8.14. The van der Waals surface area contributed by atoms with Crippen molar-refractivity contribution in [1.82, 2.24) is 0 Å². The third kappa shape index (κ3) is 283. The minimum Gasteiger partial charge on any atom is -0.397 e. The first kappa shape index (κ1) is 24.9. The van der Waals surface area contributed by atoms with Crippen molar-refractivity contribution in [3.63, 3.8) is 0 Å². The lowest BCUT2D eigenvalue weighted by Gasteiger charge is -1.90. The second kappa shape index (κ2) is 29.4. The molecule has 0 radical (unpaired) electrons. The molecule has 104 valence electrons. The van der Waals surface area contributed by atoms with Crippen LogP contribution in [0.25, 0.3) is 0 Å². The Morgan fingerprint density at radius 3 is 1.00 bits per heavy atom. The van der Waals surface area contributed by atoms with Crippen molar-refractivity contribution in [3.05, 3.63) is 0 Å². The van der Waals surface area contributed by atoms with E-state index < -0.39 is 0 Å². The summed E-state index contributed by atoms with van der Waals surface area (Å²) in [6.07, 6.45) is 0.708. The van der Waals surface area contributed by atoms with E-state index in [4.69, 9.17) is 20.4 Å². The summed E-state index contributed by atoms with van der Waals surface area (Å²) in [6, 6.07) is 0. The zero-order valence-electron chi connectivity index (χ0n) is 11.8. The van der Waals surface area contributed by atoms with Gasteiger partial charge < -0.3 is 20.4 Å². The predicted molar refractivity (Wildman–Crippen MR) is 69.4 cm³/mol. The number of rotatable bonds is 2. The van der Waals surface area contributed by atoms with Crippen molar-refractivity contribution >= 4 is 0 Å². The second-order valence-corrected chi connectivity index (χ2v) is 3.71. The van der Waals surface area contributed by atoms with Crippen LogP contribution in [-0.2, 0) is 0 Å². The molecular formula is C12H32O4. The van der Waals surface area contributed by atoms with E-state index in [9.17, 15) is 0 Å². The molecule has 0 rings (SSSR count). The predicted octanol–water partition coefficient (Wildman–Crippen LogP) is 1.41.